The van der Waals surface area contributed by atoms with Gasteiger partial charge < -0.3 is 9.64 Å². The summed E-state index contributed by atoms with van der Waals surface area (Å²) in [7, 11) is 2.13. The second-order valence-electron chi connectivity index (χ2n) is 5.53. The molecule has 1 saturated heterocycles. The molecule has 4 atom stereocenters. The minimum absolute atomic E-state index is 0.177. The Morgan fingerprint density at radius 3 is 2.76 bits per heavy atom. The van der Waals surface area contributed by atoms with Crippen molar-refractivity contribution in [2.24, 2.45) is 17.7 Å². The van der Waals surface area contributed by atoms with Crippen LogP contribution in [0.3, 0.4) is 0 Å². The van der Waals surface area contributed by atoms with Crippen LogP contribution < -0.4 is 11.3 Å². The maximum absolute atomic E-state index is 11.3. The van der Waals surface area contributed by atoms with Gasteiger partial charge in [0, 0.05) is 13.1 Å². The molecule has 2 rings (SSSR count). The lowest BCUT2D eigenvalue weighted by Crippen LogP contribution is -2.40. The van der Waals surface area contributed by atoms with Crippen LogP contribution in [0.1, 0.15) is 26.2 Å². The first kappa shape index (κ1) is 12.8. The van der Waals surface area contributed by atoms with E-state index in [4.69, 9.17) is 10.6 Å². The average molecular weight is 241 g/mol. The van der Waals surface area contributed by atoms with Crippen LogP contribution in [0.15, 0.2) is 0 Å². The molecular weight excluding hydrogens is 218 g/mol. The zero-order valence-electron chi connectivity index (χ0n) is 10.7. The molecule has 3 N–H and O–H groups in total. The summed E-state index contributed by atoms with van der Waals surface area (Å²) in [5, 5.41) is 0. The van der Waals surface area contributed by atoms with Crippen LogP contribution in [0, 0.1) is 11.8 Å². The Morgan fingerprint density at radius 2 is 2.18 bits per heavy atom. The van der Waals surface area contributed by atoms with Crippen molar-refractivity contribution in [1.82, 2.24) is 10.3 Å². The number of amides is 1. The smallest absolute Gasteiger partial charge is 0.263 e. The van der Waals surface area contributed by atoms with E-state index in [1.807, 2.05) is 0 Å². The molecule has 2 fully saturated rings. The summed E-state index contributed by atoms with van der Waals surface area (Å²) in [6.45, 7) is 4.36. The lowest BCUT2D eigenvalue weighted by atomic mass is 10.2. The van der Waals surface area contributed by atoms with Gasteiger partial charge in [-0.25, -0.2) is 5.84 Å². The van der Waals surface area contributed by atoms with Crippen LogP contribution in [0.5, 0.6) is 0 Å². The Balaban J connectivity index is 1.68. The van der Waals surface area contributed by atoms with Gasteiger partial charge in [-0.15, -0.1) is 0 Å². The summed E-state index contributed by atoms with van der Waals surface area (Å²) in [6, 6.07) is 0. The highest BCUT2D eigenvalue weighted by Gasteiger charge is 2.35. The number of nitrogens with two attached hydrogens (primary N) is 1. The van der Waals surface area contributed by atoms with Gasteiger partial charge in [0.15, 0.2) is 0 Å². The Kier molecular flexibility index (Phi) is 4.01. The molecule has 4 unspecified atom stereocenters. The predicted molar refractivity (Wildman–Crippen MR) is 65.0 cm³/mol. The van der Waals surface area contributed by atoms with Gasteiger partial charge in [0.1, 0.15) is 6.10 Å². The molecule has 0 spiro atoms. The average Bonchev–Trinajstić information content (AvgIpc) is 2.80. The Labute approximate surface area is 103 Å². The third-order valence-electron chi connectivity index (χ3n) is 3.88. The van der Waals surface area contributed by atoms with Crippen LogP contribution >= 0.6 is 0 Å². The highest BCUT2D eigenvalue weighted by atomic mass is 16.5. The number of nitrogens with zero attached hydrogens (tertiary/aromatic N) is 1. The second-order valence-corrected chi connectivity index (χ2v) is 5.53. The molecular formula is C12H23N3O2. The molecule has 0 aromatic heterocycles. The number of hydrogen-bond acceptors (Lipinski definition) is 4. The molecule has 1 aliphatic heterocycles. The molecule has 17 heavy (non-hydrogen) atoms. The summed E-state index contributed by atoms with van der Waals surface area (Å²) < 4.78 is 5.68. The van der Waals surface area contributed by atoms with E-state index < -0.39 is 0 Å². The van der Waals surface area contributed by atoms with Gasteiger partial charge in [0.25, 0.3) is 5.91 Å². The lowest BCUT2D eigenvalue weighted by Gasteiger charge is -2.21. The predicted octanol–water partition coefficient (Wildman–Crippen LogP) is 0.112. The summed E-state index contributed by atoms with van der Waals surface area (Å²) in [4.78, 5) is 13.6. The molecule has 1 aliphatic carbocycles. The number of likely N-dealkylation sites (N-methyl/N-ethyl adjacent to an activating group) is 1. The van der Waals surface area contributed by atoms with Crippen molar-refractivity contribution in [1.29, 1.82) is 0 Å². The van der Waals surface area contributed by atoms with E-state index >= 15 is 0 Å². The van der Waals surface area contributed by atoms with Gasteiger partial charge >= 0.3 is 0 Å². The SMILES string of the molecule is CC1CC1CN(C)CC1CCC(C(=O)NN)O1. The summed E-state index contributed by atoms with van der Waals surface area (Å²) in [6.07, 6.45) is 2.91. The van der Waals surface area contributed by atoms with Crippen molar-refractivity contribution in [2.75, 3.05) is 20.1 Å². The van der Waals surface area contributed by atoms with Crippen LogP contribution in [-0.4, -0.2) is 43.2 Å². The molecule has 0 aromatic rings. The molecule has 1 heterocycles. The van der Waals surface area contributed by atoms with Crippen molar-refractivity contribution in [3.8, 4) is 0 Å². The standard InChI is InChI=1S/C12H23N3O2/c1-8-5-9(8)6-15(2)7-10-3-4-11(17-10)12(16)14-13/h8-11H,3-7,13H2,1-2H3,(H,14,16). The van der Waals surface area contributed by atoms with Gasteiger partial charge in [-0.3, -0.25) is 10.2 Å². The fraction of sp³-hybridized carbons (Fsp3) is 0.917. The topological polar surface area (TPSA) is 67.6 Å². The maximum Gasteiger partial charge on any atom is 0.263 e. The first-order valence-electron chi connectivity index (χ1n) is 6.44. The molecule has 0 bridgehead atoms. The molecule has 1 saturated carbocycles. The molecule has 2 aliphatic rings. The molecule has 5 nitrogen and oxygen atoms in total. The molecule has 1 amide bonds. The number of carbonyl (C=O) groups is 1. The van der Waals surface area contributed by atoms with E-state index in [-0.39, 0.29) is 18.1 Å². The monoisotopic (exact) mass is 241 g/mol. The van der Waals surface area contributed by atoms with E-state index in [0.717, 1.165) is 37.8 Å². The Morgan fingerprint density at radius 1 is 1.47 bits per heavy atom. The number of hydrogen-bond donors (Lipinski definition) is 2. The van der Waals surface area contributed by atoms with E-state index in [9.17, 15) is 4.79 Å². The number of hydrazine groups is 1. The minimum atomic E-state index is -0.349. The third kappa shape index (κ3) is 3.40. The van der Waals surface area contributed by atoms with E-state index in [0.29, 0.717) is 0 Å². The summed E-state index contributed by atoms with van der Waals surface area (Å²) >= 11 is 0. The Bertz CT molecular complexity index is 285. The van der Waals surface area contributed by atoms with Gasteiger partial charge in [-0.2, -0.15) is 0 Å². The molecule has 5 heteroatoms. The van der Waals surface area contributed by atoms with Crippen LogP contribution in [0.2, 0.25) is 0 Å². The molecule has 0 radical (unpaired) electrons. The van der Waals surface area contributed by atoms with Crippen molar-refractivity contribution in [2.45, 2.75) is 38.4 Å². The fourth-order valence-electron chi connectivity index (χ4n) is 2.60. The van der Waals surface area contributed by atoms with E-state index in [2.05, 4.69) is 24.3 Å². The Hall–Kier alpha value is -0.650. The third-order valence-corrected chi connectivity index (χ3v) is 3.88. The van der Waals surface area contributed by atoms with Crippen molar-refractivity contribution < 1.29 is 9.53 Å². The molecule has 0 aromatic carbocycles. The second kappa shape index (κ2) is 5.33. The van der Waals surface area contributed by atoms with E-state index in [1.54, 1.807) is 0 Å². The van der Waals surface area contributed by atoms with Gasteiger partial charge in [-0.05, 0) is 38.1 Å². The molecule has 98 valence electrons. The van der Waals surface area contributed by atoms with Crippen molar-refractivity contribution in [3.63, 3.8) is 0 Å². The number of carbonyl (C=O) groups excluding carboxylic acids is 1. The maximum atomic E-state index is 11.3. The van der Waals surface area contributed by atoms with Crippen LogP contribution in [0.25, 0.3) is 0 Å². The van der Waals surface area contributed by atoms with Gasteiger partial charge in [-0.1, -0.05) is 6.92 Å². The number of rotatable bonds is 5. The number of ether oxygens (including phenoxy) is 1. The highest BCUT2D eigenvalue weighted by Crippen LogP contribution is 2.38. The largest absolute Gasteiger partial charge is 0.364 e. The number of nitrogens with one attached hydrogen (secondary N) is 1. The van der Waals surface area contributed by atoms with Crippen molar-refractivity contribution in [3.05, 3.63) is 0 Å². The van der Waals surface area contributed by atoms with Crippen LogP contribution in [-0.2, 0) is 9.53 Å². The van der Waals surface area contributed by atoms with E-state index in [1.165, 1.54) is 6.42 Å². The van der Waals surface area contributed by atoms with Gasteiger partial charge in [0.05, 0.1) is 6.10 Å². The normalized spacial score (nSPS) is 36.2. The van der Waals surface area contributed by atoms with Gasteiger partial charge in [0.2, 0.25) is 0 Å². The fourth-order valence-corrected chi connectivity index (χ4v) is 2.60. The first-order chi connectivity index (χ1) is 8.10. The zero-order valence-corrected chi connectivity index (χ0v) is 10.7. The quantitative estimate of drug-likeness (QED) is 0.407. The minimum Gasteiger partial charge on any atom is -0.364 e. The van der Waals surface area contributed by atoms with Crippen LogP contribution in [0.4, 0.5) is 0 Å². The highest BCUT2D eigenvalue weighted by molar-refractivity contribution is 5.80. The summed E-state index contributed by atoms with van der Waals surface area (Å²) in [5.74, 6) is 6.65. The van der Waals surface area contributed by atoms with Crippen molar-refractivity contribution >= 4 is 5.91 Å². The first-order valence-corrected chi connectivity index (χ1v) is 6.44. The summed E-state index contributed by atoms with van der Waals surface area (Å²) in [5.41, 5.74) is 2.15. The lowest BCUT2D eigenvalue weighted by molar-refractivity contribution is -0.132. The zero-order chi connectivity index (χ0) is 12.4.